The van der Waals surface area contributed by atoms with Gasteiger partial charge in [-0.05, 0) is 48.1 Å². The van der Waals surface area contributed by atoms with Gasteiger partial charge in [-0.3, -0.25) is 0 Å². The van der Waals surface area contributed by atoms with Gasteiger partial charge in [0.25, 0.3) is 0 Å². The molecule has 0 radical (unpaired) electrons. The van der Waals surface area contributed by atoms with Crippen molar-refractivity contribution in [2.45, 2.75) is 65.2 Å². The van der Waals surface area contributed by atoms with E-state index in [-0.39, 0.29) is 0 Å². The summed E-state index contributed by atoms with van der Waals surface area (Å²) in [5, 5.41) is 19.9. The molecule has 0 aromatic heterocycles. The Morgan fingerprint density at radius 1 is 0.618 bits per heavy atom. The zero-order valence-corrected chi connectivity index (χ0v) is 20.4. The molecular formula is C31H34N2O. The Kier molecular flexibility index (Phi) is 9.75. The number of ether oxygens (including phenoxy) is 1. The topological polar surface area (TPSA) is 56.8 Å². The van der Waals surface area contributed by atoms with E-state index in [4.69, 9.17) is 4.74 Å². The first-order valence-corrected chi connectivity index (χ1v) is 12.5. The molecule has 3 heteroatoms. The van der Waals surface area contributed by atoms with E-state index in [9.17, 15) is 10.5 Å². The molecule has 0 atom stereocenters. The summed E-state index contributed by atoms with van der Waals surface area (Å²) in [6, 6.07) is 24.7. The molecule has 0 spiro atoms. The Balaban J connectivity index is 1.81. The third kappa shape index (κ3) is 6.49. The molecule has 0 aliphatic carbocycles. The lowest BCUT2D eigenvalue weighted by Crippen LogP contribution is -1.97. The summed E-state index contributed by atoms with van der Waals surface area (Å²) in [5.41, 5.74) is 5.59. The summed E-state index contributed by atoms with van der Waals surface area (Å²) in [5.74, 6) is 0.829. The number of hydrogen-bond donors (Lipinski definition) is 0. The molecular weight excluding hydrogens is 416 g/mol. The second-order valence-corrected chi connectivity index (χ2v) is 8.72. The highest BCUT2D eigenvalue weighted by Gasteiger charge is 2.16. The quantitative estimate of drug-likeness (QED) is 0.260. The highest BCUT2D eigenvalue weighted by atomic mass is 16.5. The van der Waals surface area contributed by atoms with E-state index in [0.717, 1.165) is 40.8 Å². The van der Waals surface area contributed by atoms with Gasteiger partial charge >= 0.3 is 0 Å². The lowest BCUT2D eigenvalue weighted by Gasteiger charge is -2.12. The molecule has 0 N–H and O–H groups in total. The van der Waals surface area contributed by atoms with Crippen molar-refractivity contribution in [1.29, 1.82) is 10.5 Å². The van der Waals surface area contributed by atoms with Gasteiger partial charge in [0.15, 0.2) is 0 Å². The predicted molar refractivity (Wildman–Crippen MR) is 140 cm³/mol. The van der Waals surface area contributed by atoms with Crippen LogP contribution in [-0.2, 0) is 6.42 Å². The van der Waals surface area contributed by atoms with E-state index in [0.29, 0.717) is 17.7 Å². The van der Waals surface area contributed by atoms with Crippen LogP contribution in [0.1, 0.15) is 75.5 Å². The molecule has 0 saturated heterocycles. The van der Waals surface area contributed by atoms with Crippen molar-refractivity contribution in [3.05, 3.63) is 77.4 Å². The number of rotatable bonds is 12. The van der Waals surface area contributed by atoms with Crippen LogP contribution in [0.5, 0.6) is 5.75 Å². The van der Waals surface area contributed by atoms with Crippen molar-refractivity contribution < 1.29 is 4.74 Å². The van der Waals surface area contributed by atoms with E-state index in [2.05, 4.69) is 50.3 Å². The fourth-order valence-electron chi connectivity index (χ4n) is 4.20. The second-order valence-electron chi connectivity index (χ2n) is 8.72. The molecule has 3 nitrogen and oxygen atoms in total. The van der Waals surface area contributed by atoms with Crippen LogP contribution in [-0.4, -0.2) is 6.61 Å². The van der Waals surface area contributed by atoms with Crippen molar-refractivity contribution >= 4 is 0 Å². The SMILES string of the molecule is CCCCCCOc1ccc(-c2ccc(-c3ccc(CCCCC)cc3)c(C#N)c2C#N)cc1. The van der Waals surface area contributed by atoms with E-state index < -0.39 is 0 Å². The van der Waals surface area contributed by atoms with Gasteiger partial charge in [0.05, 0.1) is 17.7 Å². The Labute approximate surface area is 204 Å². The molecule has 3 rings (SSSR count). The van der Waals surface area contributed by atoms with E-state index in [1.54, 1.807) is 0 Å². The predicted octanol–water partition coefficient (Wildman–Crippen LogP) is 8.46. The zero-order valence-electron chi connectivity index (χ0n) is 20.4. The zero-order chi connectivity index (χ0) is 24.2. The van der Waals surface area contributed by atoms with Crippen LogP contribution in [0.2, 0.25) is 0 Å². The van der Waals surface area contributed by atoms with E-state index in [1.807, 2.05) is 36.4 Å². The minimum atomic E-state index is 0.417. The Bertz CT molecular complexity index is 1130. The molecule has 3 aromatic carbocycles. The van der Waals surface area contributed by atoms with Crippen LogP contribution in [0.3, 0.4) is 0 Å². The second kappa shape index (κ2) is 13.2. The Morgan fingerprint density at radius 2 is 1.15 bits per heavy atom. The highest BCUT2D eigenvalue weighted by Crippen LogP contribution is 2.34. The Morgan fingerprint density at radius 3 is 1.68 bits per heavy atom. The van der Waals surface area contributed by atoms with Crippen LogP contribution in [0, 0.1) is 22.7 Å². The molecule has 0 bridgehead atoms. The van der Waals surface area contributed by atoms with Crippen LogP contribution < -0.4 is 4.74 Å². The van der Waals surface area contributed by atoms with Crippen LogP contribution in [0.25, 0.3) is 22.3 Å². The average Bonchev–Trinajstić information content (AvgIpc) is 2.88. The van der Waals surface area contributed by atoms with Crippen molar-refractivity contribution in [3.63, 3.8) is 0 Å². The number of hydrogen-bond acceptors (Lipinski definition) is 3. The summed E-state index contributed by atoms with van der Waals surface area (Å²) >= 11 is 0. The largest absolute Gasteiger partial charge is 0.494 e. The van der Waals surface area contributed by atoms with Crippen LogP contribution >= 0.6 is 0 Å². The molecule has 34 heavy (non-hydrogen) atoms. The van der Waals surface area contributed by atoms with Gasteiger partial charge in [0, 0.05) is 11.1 Å². The van der Waals surface area contributed by atoms with Gasteiger partial charge in [-0.2, -0.15) is 10.5 Å². The average molecular weight is 451 g/mol. The maximum Gasteiger partial charge on any atom is 0.119 e. The molecule has 174 valence electrons. The monoisotopic (exact) mass is 450 g/mol. The minimum absolute atomic E-state index is 0.417. The number of aryl methyl sites for hydroxylation is 1. The molecule has 3 aromatic rings. The Hall–Kier alpha value is -3.56. The van der Waals surface area contributed by atoms with Crippen LogP contribution in [0.15, 0.2) is 60.7 Å². The fraction of sp³-hybridized carbons (Fsp3) is 0.355. The number of nitrogens with zero attached hydrogens (tertiary/aromatic N) is 2. The molecule has 0 aliphatic rings. The third-order valence-corrected chi connectivity index (χ3v) is 6.19. The molecule has 0 fully saturated rings. The smallest absolute Gasteiger partial charge is 0.119 e. The summed E-state index contributed by atoms with van der Waals surface area (Å²) in [6.45, 7) is 5.12. The number of unbranched alkanes of at least 4 members (excludes halogenated alkanes) is 5. The lowest BCUT2D eigenvalue weighted by molar-refractivity contribution is 0.305. The number of benzene rings is 3. The molecule has 0 unspecified atom stereocenters. The fourth-order valence-corrected chi connectivity index (χ4v) is 4.20. The van der Waals surface area contributed by atoms with Gasteiger partial charge in [0.2, 0.25) is 0 Å². The third-order valence-electron chi connectivity index (χ3n) is 6.19. The van der Waals surface area contributed by atoms with E-state index >= 15 is 0 Å². The van der Waals surface area contributed by atoms with E-state index in [1.165, 1.54) is 44.1 Å². The molecule has 0 aliphatic heterocycles. The summed E-state index contributed by atoms with van der Waals surface area (Å²) < 4.78 is 5.84. The summed E-state index contributed by atoms with van der Waals surface area (Å²) in [6.07, 6.45) is 9.39. The molecule has 0 heterocycles. The number of nitriles is 2. The first-order valence-electron chi connectivity index (χ1n) is 12.5. The molecule has 0 saturated carbocycles. The summed E-state index contributed by atoms with van der Waals surface area (Å²) in [7, 11) is 0. The minimum Gasteiger partial charge on any atom is -0.494 e. The van der Waals surface area contributed by atoms with Crippen molar-refractivity contribution in [2.75, 3.05) is 6.61 Å². The van der Waals surface area contributed by atoms with Crippen molar-refractivity contribution in [3.8, 4) is 40.1 Å². The lowest BCUT2D eigenvalue weighted by atomic mass is 9.90. The first kappa shape index (κ1) is 25.1. The van der Waals surface area contributed by atoms with Crippen LogP contribution in [0.4, 0.5) is 0 Å². The van der Waals surface area contributed by atoms with Gasteiger partial charge in [0.1, 0.15) is 17.9 Å². The van der Waals surface area contributed by atoms with Crippen molar-refractivity contribution in [2.24, 2.45) is 0 Å². The molecule has 0 amide bonds. The van der Waals surface area contributed by atoms with Gasteiger partial charge in [-0.25, -0.2) is 0 Å². The first-order chi connectivity index (χ1) is 16.7. The maximum atomic E-state index is 9.94. The normalized spacial score (nSPS) is 10.5. The van der Waals surface area contributed by atoms with Gasteiger partial charge in [-0.1, -0.05) is 94.5 Å². The highest BCUT2D eigenvalue weighted by molar-refractivity contribution is 5.82. The maximum absolute atomic E-state index is 9.94. The summed E-state index contributed by atoms with van der Waals surface area (Å²) in [4.78, 5) is 0. The van der Waals surface area contributed by atoms with Crippen molar-refractivity contribution in [1.82, 2.24) is 0 Å². The van der Waals surface area contributed by atoms with Gasteiger partial charge < -0.3 is 4.74 Å². The van der Waals surface area contributed by atoms with Gasteiger partial charge in [-0.15, -0.1) is 0 Å². The standard InChI is InChI=1S/C31H34N2O/c1-3-5-7-9-21-34-27-17-15-26(16-18-27)29-20-19-28(30(22-32)31(29)23-33)25-13-11-24(12-14-25)10-8-6-4-2/h11-20H,3-10,21H2,1-2H3.